The van der Waals surface area contributed by atoms with Crippen molar-refractivity contribution in [1.82, 2.24) is 4.98 Å². The van der Waals surface area contributed by atoms with E-state index in [4.69, 9.17) is 13.8 Å². The van der Waals surface area contributed by atoms with Crippen molar-refractivity contribution in [2.45, 2.75) is 0 Å². The summed E-state index contributed by atoms with van der Waals surface area (Å²) in [6, 6.07) is 51.0. The van der Waals surface area contributed by atoms with E-state index < -0.39 is 0 Å². The molecule has 0 saturated heterocycles. The molecule has 0 saturated carbocycles. The van der Waals surface area contributed by atoms with Gasteiger partial charge in [-0.05, 0) is 48.5 Å². The highest BCUT2D eigenvalue weighted by Gasteiger charge is 2.24. The Morgan fingerprint density at radius 2 is 1.04 bits per heavy atom. The molecule has 0 atom stereocenters. The average Bonchev–Trinajstić information content (AvgIpc) is 3.93. The molecule has 11 rings (SSSR count). The van der Waals surface area contributed by atoms with Crippen LogP contribution in [0, 0.1) is 0 Å². The van der Waals surface area contributed by atoms with Gasteiger partial charge in [0.05, 0.1) is 20.6 Å². The molecule has 0 radical (unpaired) electrons. The average molecular weight is 665 g/mol. The number of benzene rings is 7. The second-order valence-electron chi connectivity index (χ2n) is 12.3. The molecule has 0 N–H and O–H groups in total. The van der Waals surface area contributed by atoms with Crippen LogP contribution in [0.2, 0.25) is 0 Å². The summed E-state index contributed by atoms with van der Waals surface area (Å²) in [6.45, 7) is 0. The number of thiazole rings is 1. The maximum atomic E-state index is 6.43. The van der Waals surface area contributed by atoms with Gasteiger partial charge in [0.2, 0.25) is 0 Å². The van der Waals surface area contributed by atoms with Crippen molar-refractivity contribution in [3.8, 4) is 10.6 Å². The molecule has 0 aliphatic carbocycles. The van der Waals surface area contributed by atoms with E-state index >= 15 is 0 Å². The molecule has 7 aromatic carbocycles. The third-order valence-corrected chi connectivity index (χ3v) is 11.8. The number of hydrogen-bond acceptors (Lipinski definition) is 6. The zero-order valence-electron chi connectivity index (χ0n) is 25.9. The van der Waals surface area contributed by atoms with Crippen LogP contribution in [-0.4, -0.2) is 4.98 Å². The number of para-hydroxylation sites is 2. The van der Waals surface area contributed by atoms with Gasteiger partial charge >= 0.3 is 0 Å². The first-order chi connectivity index (χ1) is 24.3. The lowest BCUT2D eigenvalue weighted by Crippen LogP contribution is -2.10. The largest absolute Gasteiger partial charge is 0.456 e. The molecule has 0 unspecified atom stereocenters. The normalized spacial score (nSPS) is 12.1. The Morgan fingerprint density at radius 3 is 1.71 bits per heavy atom. The third kappa shape index (κ3) is 4.05. The molecule has 4 nitrogen and oxygen atoms in total. The highest BCUT2D eigenvalue weighted by atomic mass is 32.1. The summed E-state index contributed by atoms with van der Waals surface area (Å²) < 4.78 is 16.5. The molecule has 0 fully saturated rings. The van der Waals surface area contributed by atoms with E-state index in [1.807, 2.05) is 35.6 Å². The standard InChI is InChI=1S/C43H24N2O2S2/c1-2-10-25(11-3-1)43-44-33-24-34(42-40(41(33)49-43)32-14-6-9-17-39(32)48-42)45(26-18-20-30-28-12-4-7-15-35(28)46-37(30)22-26)27-19-21-31-29-13-5-8-16-36(29)47-38(31)23-27/h1-24H. The number of hydrogen-bond donors (Lipinski definition) is 0. The molecule has 11 aromatic rings. The number of rotatable bonds is 4. The van der Waals surface area contributed by atoms with E-state index in [-0.39, 0.29) is 0 Å². The third-order valence-electron chi connectivity index (χ3n) is 9.48. The molecular weight excluding hydrogens is 641 g/mol. The topological polar surface area (TPSA) is 42.4 Å². The van der Waals surface area contributed by atoms with E-state index in [0.29, 0.717) is 0 Å². The molecule has 0 spiro atoms. The van der Waals surface area contributed by atoms with Gasteiger partial charge in [0.15, 0.2) is 0 Å². The van der Waals surface area contributed by atoms with Gasteiger partial charge in [-0.3, -0.25) is 0 Å². The quantitative estimate of drug-likeness (QED) is 0.188. The van der Waals surface area contributed by atoms with Crippen molar-refractivity contribution in [3.05, 3.63) is 146 Å². The fourth-order valence-corrected chi connectivity index (χ4v) is 9.65. The highest BCUT2D eigenvalue weighted by molar-refractivity contribution is 7.28. The Kier molecular flexibility index (Phi) is 5.67. The van der Waals surface area contributed by atoms with Gasteiger partial charge in [-0.15, -0.1) is 22.7 Å². The summed E-state index contributed by atoms with van der Waals surface area (Å²) >= 11 is 3.60. The van der Waals surface area contributed by atoms with E-state index in [9.17, 15) is 0 Å². The molecule has 0 amide bonds. The Hall–Kier alpha value is -5.95. The van der Waals surface area contributed by atoms with Crippen LogP contribution in [-0.2, 0) is 0 Å². The van der Waals surface area contributed by atoms with Crippen molar-refractivity contribution in [1.29, 1.82) is 0 Å². The lowest BCUT2D eigenvalue weighted by atomic mass is 10.1. The maximum Gasteiger partial charge on any atom is 0.137 e. The lowest BCUT2D eigenvalue weighted by Gasteiger charge is -2.26. The van der Waals surface area contributed by atoms with Crippen molar-refractivity contribution < 1.29 is 8.83 Å². The summed E-state index contributed by atoms with van der Waals surface area (Å²) in [7, 11) is 0. The van der Waals surface area contributed by atoms with Crippen LogP contribution in [0.1, 0.15) is 0 Å². The first-order valence-corrected chi connectivity index (χ1v) is 17.8. The SMILES string of the molecule is c1ccc(-c2nc3cc(N(c4ccc5c(c4)oc4ccccc45)c4ccc5c(c4)oc4ccccc45)c4sc5ccccc5c4c3s2)cc1. The van der Waals surface area contributed by atoms with Crippen LogP contribution in [0.4, 0.5) is 17.1 Å². The van der Waals surface area contributed by atoms with Crippen LogP contribution >= 0.6 is 22.7 Å². The molecule has 6 heteroatoms. The number of nitrogens with zero attached hydrogens (tertiary/aromatic N) is 2. The van der Waals surface area contributed by atoms with Crippen LogP contribution in [0.25, 0.3) is 84.8 Å². The van der Waals surface area contributed by atoms with Crippen molar-refractivity contribution in [2.75, 3.05) is 4.90 Å². The van der Waals surface area contributed by atoms with Gasteiger partial charge < -0.3 is 13.7 Å². The van der Waals surface area contributed by atoms with Crippen molar-refractivity contribution in [3.63, 3.8) is 0 Å². The summed E-state index contributed by atoms with van der Waals surface area (Å²) in [6.07, 6.45) is 0. The Bertz CT molecular complexity index is 2960. The predicted molar refractivity (Wildman–Crippen MR) is 207 cm³/mol. The zero-order valence-corrected chi connectivity index (χ0v) is 27.5. The molecule has 49 heavy (non-hydrogen) atoms. The minimum atomic E-state index is 0.849. The number of fused-ring (bicyclic) bond motifs is 11. The molecule has 0 bridgehead atoms. The number of anilines is 3. The van der Waals surface area contributed by atoms with Crippen LogP contribution in [0.5, 0.6) is 0 Å². The fourth-order valence-electron chi connectivity index (χ4n) is 7.26. The Morgan fingerprint density at radius 1 is 0.469 bits per heavy atom. The smallest absolute Gasteiger partial charge is 0.137 e. The van der Waals surface area contributed by atoms with Gasteiger partial charge in [0.1, 0.15) is 27.3 Å². The van der Waals surface area contributed by atoms with Crippen LogP contribution in [0.3, 0.4) is 0 Å². The van der Waals surface area contributed by atoms with Gasteiger partial charge in [-0.25, -0.2) is 4.98 Å². The summed E-state index contributed by atoms with van der Waals surface area (Å²) in [5.74, 6) is 0. The first kappa shape index (κ1) is 27.0. The summed E-state index contributed by atoms with van der Waals surface area (Å²) in [5.41, 5.74) is 8.64. The van der Waals surface area contributed by atoms with Crippen LogP contribution < -0.4 is 4.90 Å². The van der Waals surface area contributed by atoms with Crippen molar-refractivity contribution >= 4 is 114 Å². The minimum absolute atomic E-state index is 0.849. The second-order valence-corrected chi connectivity index (χ2v) is 14.4. The van der Waals surface area contributed by atoms with Gasteiger partial charge in [0.25, 0.3) is 0 Å². The van der Waals surface area contributed by atoms with Crippen LogP contribution in [0.15, 0.2) is 154 Å². The van der Waals surface area contributed by atoms with E-state index in [1.54, 1.807) is 11.3 Å². The van der Waals surface area contributed by atoms with Gasteiger partial charge in [-0.1, -0.05) is 84.9 Å². The predicted octanol–water partition coefficient (Wildman–Crippen LogP) is 13.6. The first-order valence-electron chi connectivity index (χ1n) is 16.2. The fraction of sp³-hybridized carbons (Fsp3) is 0. The Balaban J connectivity index is 1.23. The molecular formula is C43H24N2O2S2. The highest BCUT2D eigenvalue weighted by Crippen LogP contribution is 2.50. The van der Waals surface area contributed by atoms with Crippen molar-refractivity contribution in [2.24, 2.45) is 0 Å². The number of aromatic nitrogens is 1. The minimum Gasteiger partial charge on any atom is -0.456 e. The second kappa shape index (κ2) is 10.3. The molecule has 230 valence electrons. The summed E-state index contributed by atoms with van der Waals surface area (Å²) in [4.78, 5) is 7.61. The molecule has 0 aliphatic rings. The molecule has 4 heterocycles. The van der Waals surface area contributed by atoms with Gasteiger partial charge in [0, 0.05) is 66.1 Å². The van der Waals surface area contributed by atoms with E-state index in [1.165, 1.54) is 24.9 Å². The Labute approximate surface area is 287 Å². The monoisotopic (exact) mass is 664 g/mol. The van der Waals surface area contributed by atoms with E-state index in [0.717, 1.165) is 77.0 Å². The molecule has 4 aromatic heterocycles. The zero-order chi connectivity index (χ0) is 32.1. The van der Waals surface area contributed by atoms with E-state index in [2.05, 4.69) is 126 Å². The summed E-state index contributed by atoms with van der Waals surface area (Å²) in [5, 5.41) is 7.93. The lowest BCUT2D eigenvalue weighted by molar-refractivity contribution is 0.669. The van der Waals surface area contributed by atoms with Gasteiger partial charge in [-0.2, -0.15) is 0 Å². The molecule has 0 aliphatic heterocycles. The maximum absolute atomic E-state index is 6.43. The number of furan rings is 2. The number of thiophene rings is 1.